The van der Waals surface area contributed by atoms with Crippen LogP contribution in [0.3, 0.4) is 0 Å². The van der Waals surface area contributed by atoms with E-state index in [1.54, 1.807) is 12.1 Å². The molecule has 1 aliphatic heterocycles. The summed E-state index contributed by atoms with van der Waals surface area (Å²) in [4.78, 5) is 13.2. The first-order valence-corrected chi connectivity index (χ1v) is 5.44. The van der Waals surface area contributed by atoms with E-state index in [4.69, 9.17) is 9.84 Å². The van der Waals surface area contributed by atoms with E-state index in [9.17, 15) is 9.90 Å². The third kappa shape index (κ3) is 2.06. The van der Waals surface area contributed by atoms with E-state index in [1.807, 2.05) is 6.92 Å². The number of carbonyl (C=O) groups is 1. The standard InChI is InChI=1S/C12H15NO4/c1-12(6-7-14)8-17-11(16)13(12)9-2-4-10(15)5-3-9/h2-5,14-15H,6-8H2,1H3. The summed E-state index contributed by atoms with van der Waals surface area (Å²) in [6.45, 7) is 2.11. The Hall–Kier alpha value is -1.75. The Morgan fingerprint density at radius 2 is 2.06 bits per heavy atom. The predicted octanol–water partition coefficient (Wildman–Crippen LogP) is 1.49. The molecule has 0 aromatic heterocycles. The number of phenolic OH excluding ortho intramolecular Hbond substituents is 1. The highest BCUT2D eigenvalue weighted by molar-refractivity contribution is 5.91. The summed E-state index contributed by atoms with van der Waals surface area (Å²) in [5, 5.41) is 18.3. The van der Waals surface area contributed by atoms with E-state index < -0.39 is 11.6 Å². The Bertz CT molecular complexity index is 417. The van der Waals surface area contributed by atoms with Crippen molar-refractivity contribution in [1.82, 2.24) is 0 Å². The Morgan fingerprint density at radius 1 is 1.41 bits per heavy atom. The lowest BCUT2D eigenvalue weighted by Gasteiger charge is -2.31. The molecule has 17 heavy (non-hydrogen) atoms. The molecule has 1 amide bonds. The van der Waals surface area contributed by atoms with Crippen LogP contribution in [0.25, 0.3) is 0 Å². The zero-order chi connectivity index (χ0) is 12.5. The summed E-state index contributed by atoms with van der Waals surface area (Å²) in [7, 11) is 0. The highest BCUT2D eigenvalue weighted by Crippen LogP contribution is 2.33. The summed E-state index contributed by atoms with van der Waals surface area (Å²) >= 11 is 0. The zero-order valence-corrected chi connectivity index (χ0v) is 9.59. The second-order valence-electron chi connectivity index (χ2n) is 4.38. The molecule has 1 unspecified atom stereocenters. The van der Waals surface area contributed by atoms with Gasteiger partial charge in [-0.2, -0.15) is 0 Å². The number of ether oxygens (including phenoxy) is 1. The van der Waals surface area contributed by atoms with Crippen LogP contribution in [0.15, 0.2) is 24.3 Å². The molecule has 5 heteroatoms. The number of aliphatic hydroxyl groups is 1. The van der Waals surface area contributed by atoms with Crippen LogP contribution in [0.4, 0.5) is 10.5 Å². The molecule has 2 N–H and O–H groups in total. The molecule has 92 valence electrons. The Labute approximate surface area is 99.2 Å². The van der Waals surface area contributed by atoms with Crippen LogP contribution in [0.2, 0.25) is 0 Å². The molecule has 1 aromatic rings. The number of aliphatic hydroxyl groups excluding tert-OH is 1. The molecular weight excluding hydrogens is 222 g/mol. The van der Waals surface area contributed by atoms with E-state index in [1.165, 1.54) is 17.0 Å². The minimum absolute atomic E-state index is 0.0122. The number of benzene rings is 1. The van der Waals surface area contributed by atoms with Gasteiger partial charge >= 0.3 is 6.09 Å². The molecule has 0 spiro atoms. The molecule has 1 aliphatic rings. The Kier molecular flexibility index (Phi) is 2.93. The largest absolute Gasteiger partial charge is 0.508 e. The fourth-order valence-electron chi connectivity index (χ4n) is 2.01. The van der Waals surface area contributed by atoms with Crippen LogP contribution in [-0.2, 0) is 4.74 Å². The summed E-state index contributed by atoms with van der Waals surface area (Å²) < 4.78 is 5.03. The van der Waals surface area contributed by atoms with Crippen LogP contribution >= 0.6 is 0 Å². The number of rotatable bonds is 3. The molecular formula is C12H15NO4. The van der Waals surface area contributed by atoms with E-state index in [2.05, 4.69) is 0 Å². The first-order valence-electron chi connectivity index (χ1n) is 5.44. The molecule has 1 fully saturated rings. The average Bonchev–Trinajstić information content (AvgIpc) is 2.57. The molecule has 1 heterocycles. The zero-order valence-electron chi connectivity index (χ0n) is 9.59. The van der Waals surface area contributed by atoms with Crippen LogP contribution in [0, 0.1) is 0 Å². The van der Waals surface area contributed by atoms with Gasteiger partial charge in [-0.3, -0.25) is 4.90 Å². The molecule has 0 aliphatic carbocycles. The molecule has 1 saturated heterocycles. The van der Waals surface area contributed by atoms with E-state index in [-0.39, 0.29) is 19.0 Å². The van der Waals surface area contributed by atoms with Gasteiger partial charge in [0, 0.05) is 12.3 Å². The van der Waals surface area contributed by atoms with E-state index in [0.717, 1.165) is 0 Å². The molecule has 5 nitrogen and oxygen atoms in total. The van der Waals surface area contributed by atoms with E-state index >= 15 is 0 Å². The fraction of sp³-hybridized carbons (Fsp3) is 0.417. The smallest absolute Gasteiger partial charge is 0.415 e. The third-order valence-corrected chi connectivity index (χ3v) is 2.99. The molecule has 0 bridgehead atoms. The van der Waals surface area contributed by atoms with Crippen LogP contribution in [0.5, 0.6) is 5.75 Å². The lowest BCUT2D eigenvalue weighted by Crippen LogP contribution is -2.45. The number of hydrogen-bond donors (Lipinski definition) is 2. The maximum atomic E-state index is 11.7. The molecule has 2 rings (SSSR count). The second-order valence-corrected chi connectivity index (χ2v) is 4.38. The topological polar surface area (TPSA) is 70.0 Å². The number of nitrogens with zero attached hydrogens (tertiary/aromatic N) is 1. The van der Waals surface area contributed by atoms with Crippen molar-refractivity contribution in [3.05, 3.63) is 24.3 Å². The number of phenols is 1. The first kappa shape index (κ1) is 11.7. The van der Waals surface area contributed by atoms with Crippen molar-refractivity contribution in [2.75, 3.05) is 18.1 Å². The van der Waals surface area contributed by atoms with Gasteiger partial charge in [0.25, 0.3) is 0 Å². The van der Waals surface area contributed by atoms with Crippen molar-refractivity contribution in [2.24, 2.45) is 0 Å². The van der Waals surface area contributed by atoms with Crippen molar-refractivity contribution < 1.29 is 19.7 Å². The van der Waals surface area contributed by atoms with Gasteiger partial charge in [-0.05, 0) is 37.6 Å². The summed E-state index contributed by atoms with van der Waals surface area (Å²) in [6.07, 6.45) is 0.0197. The van der Waals surface area contributed by atoms with Crippen molar-refractivity contribution in [3.63, 3.8) is 0 Å². The number of carbonyl (C=O) groups excluding carboxylic acids is 1. The summed E-state index contributed by atoms with van der Waals surface area (Å²) in [6, 6.07) is 6.33. The van der Waals surface area contributed by atoms with Crippen molar-refractivity contribution >= 4 is 11.8 Å². The lowest BCUT2D eigenvalue weighted by atomic mass is 9.97. The van der Waals surface area contributed by atoms with Crippen molar-refractivity contribution in [2.45, 2.75) is 18.9 Å². The number of amides is 1. The maximum absolute atomic E-state index is 11.7. The molecule has 1 aromatic carbocycles. The predicted molar refractivity (Wildman–Crippen MR) is 62.0 cm³/mol. The van der Waals surface area contributed by atoms with Crippen molar-refractivity contribution in [3.8, 4) is 5.75 Å². The highest BCUT2D eigenvalue weighted by Gasteiger charge is 2.44. The number of cyclic esters (lactones) is 1. The summed E-state index contributed by atoms with van der Waals surface area (Å²) in [5.74, 6) is 0.144. The average molecular weight is 237 g/mol. The number of anilines is 1. The Morgan fingerprint density at radius 3 is 2.65 bits per heavy atom. The Balaban J connectivity index is 2.33. The van der Waals surface area contributed by atoms with Crippen molar-refractivity contribution in [1.29, 1.82) is 0 Å². The normalized spacial score (nSPS) is 23.9. The molecule has 0 radical (unpaired) electrons. The first-order chi connectivity index (χ1) is 8.07. The lowest BCUT2D eigenvalue weighted by molar-refractivity contribution is 0.167. The minimum Gasteiger partial charge on any atom is -0.508 e. The monoisotopic (exact) mass is 237 g/mol. The minimum atomic E-state index is -0.539. The fourth-order valence-corrected chi connectivity index (χ4v) is 2.01. The van der Waals surface area contributed by atoms with Gasteiger partial charge in [-0.25, -0.2) is 4.79 Å². The van der Waals surface area contributed by atoms with Crippen LogP contribution in [0.1, 0.15) is 13.3 Å². The van der Waals surface area contributed by atoms with Gasteiger partial charge < -0.3 is 14.9 Å². The molecule has 1 atom stereocenters. The van der Waals surface area contributed by atoms with Crippen LogP contribution in [-0.4, -0.2) is 35.1 Å². The van der Waals surface area contributed by atoms with Crippen LogP contribution < -0.4 is 4.90 Å². The van der Waals surface area contributed by atoms with Gasteiger partial charge in [0.05, 0.1) is 5.54 Å². The van der Waals surface area contributed by atoms with Gasteiger partial charge in [-0.1, -0.05) is 0 Å². The van der Waals surface area contributed by atoms with Gasteiger partial charge in [0.2, 0.25) is 0 Å². The van der Waals surface area contributed by atoms with E-state index in [0.29, 0.717) is 12.1 Å². The van der Waals surface area contributed by atoms with Gasteiger partial charge in [0.15, 0.2) is 0 Å². The number of aromatic hydroxyl groups is 1. The molecule has 0 saturated carbocycles. The maximum Gasteiger partial charge on any atom is 0.415 e. The summed E-state index contributed by atoms with van der Waals surface area (Å²) in [5.41, 5.74) is 0.115. The quantitative estimate of drug-likeness (QED) is 0.835. The van der Waals surface area contributed by atoms with Gasteiger partial charge in [-0.15, -0.1) is 0 Å². The third-order valence-electron chi connectivity index (χ3n) is 2.99. The highest BCUT2D eigenvalue weighted by atomic mass is 16.6. The second kappa shape index (κ2) is 4.25. The SMILES string of the molecule is CC1(CCO)COC(=O)N1c1ccc(O)cc1. The number of hydrogen-bond acceptors (Lipinski definition) is 4. The van der Waals surface area contributed by atoms with Gasteiger partial charge in [0.1, 0.15) is 12.4 Å².